The second-order valence-corrected chi connectivity index (χ2v) is 3.56. The monoisotopic (exact) mass is 170 g/mol. The summed E-state index contributed by atoms with van der Waals surface area (Å²) >= 11 is 4.22. The molecule has 0 bridgehead atoms. The third kappa shape index (κ3) is 2.93. The molecule has 60 valence electrons. The number of hydrogen-bond donors (Lipinski definition) is 1. The molecule has 0 aliphatic carbocycles. The van der Waals surface area contributed by atoms with Gasteiger partial charge in [0.05, 0.1) is 0 Å². The Morgan fingerprint density at radius 1 is 1.55 bits per heavy atom. The van der Waals surface area contributed by atoms with Crippen molar-refractivity contribution >= 4 is 12.6 Å². The Hall–Kier alpha value is -0.500. The molecule has 0 spiro atoms. The molecular weight excluding hydrogens is 159 g/mol. The Morgan fingerprint density at radius 2 is 2.27 bits per heavy atom. The standard InChI is InChI=1S/C9H11FS/c1-7(11)5-8-3-2-4-9(10)6-8/h2-4,6-7,11H,5H2,1H3. The highest BCUT2D eigenvalue weighted by Crippen LogP contribution is 2.08. The van der Waals surface area contributed by atoms with E-state index >= 15 is 0 Å². The molecule has 1 atom stereocenters. The molecule has 1 rings (SSSR count). The molecule has 0 aliphatic heterocycles. The van der Waals surface area contributed by atoms with E-state index in [1.54, 1.807) is 12.1 Å². The molecule has 0 aromatic heterocycles. The smallest absolute Gasteiger partial charge is 0.123 e. The van der Waals surface area contributed by atoms with Crippen molar-refractivity contribution < 1.29 is 4.39 Å². The van der Waals surface area contributed by atoms with E-state index in [9.17, 15) is 4.39 Å². The average Bonchev–Trinajstić information content (AvgIpc) is 1.85. The van der Waals surface area contributed by atoms with Gasteiger partial charge in [0.25, 0.3) is 0 Å². The van der Waals surface area contributed by atoms with E-state index in [0.717, 1.165) is 12.0 Å². The third-order valence-corrected chi connectivity index (χ3v) is 1.60. The van der Waals surface area contributed by atoms with Crippen LogP contribution in [0, 0.1) is 5.82 Å². The fraction of sp³-hybridized carbons (Fsp3) is 0.333. The van der Waals surface area contributed by atoms with Gasteiger partial charge in [0, 0.05) is 5.25 Å². The summed E-state index contributed by atoms with van der Waals surface area (Å²) in [5.74, 6) is -0.170. The van der Waals surface area contributed by atoms with E-state index in [-0.39, 0.29) is 11.1 Å². The number of benzene rings is 1. The molecule has 1 aromatic rings. The Bertz CT molecular complexity index is 233. The van der Waals surface area contributed by atoms with Gasteiger partial charge in [-0.05, 0) is 24.1 Å². The molecule has 0 fully saturated rings. The van der Waals surface area contributed by atoms with Crippen LogP contribution in [0.5, 0.6) is 0 Å². The van der Waals surface area contributed by atoms with Gasteiger partial charge in [0.1, 0.15) is 5.82 Å². The van der Waals surface area contributed by atoms with Gasteiger partial charge >= 0.3 is 0 Å². The zero-order chi connectivity index (χ0) is 8.27. The predicted octanol–water partition coefficient (Wildman–Crippen LogP) is 2.69. The van der Waals surface area contributed by atoms with Gasteiger partial charge in [-0.25, -0.2) is 4.39 Å². The van der Waals surface area contributed by atoms with E-state index in [4.69, 9.17) is 0 Å². The minimum absolute atomic E-state index is 0.170. The van der Waals surface area contributed by atoms with Crippen LogP contribution in [0.3, 0.4) is 0 Å². The van der Waals surface area contributed by atoms with Crippen molar-refractivity contribution in [1.29, 1.82) is 0 Å². The molecule has 0 nitrogen and oxygen atoms in total. The zero-order valence-corrected chi connectivity index (χ0v) is 7.31. The summed E-state index contributed by atoms with van der Waals surface area (Å²) in [5, 5.41) is 0.289. The van der Waals surface area contributed by atoms with Crippen LogP contribution in [0.1, 0.15) is 12.5 Å². The van der Waals surface area contributed by atoms with E-state index < -0.39 is 0 Å². The number of thiol groups is 1. The van der Waals surface area contributed by atoms with Crippen LogP contribution >= 0.6 is 12.6 Å². The lowest BCUT2D eigenvalue weighted by atomic mass is 10.1. The maximum Gasteiger partial charge on any atom is 0.123 e. The molecule has 1 aromatic carbocycles. The first-order valence-electron chi connectivity index (χ1n) is 3.61. The quantitative estimate of drug-likeness (QED) is 0.648. The first kappa shape index (κ1) is 8.60. The molecule has 0 N–H and O–H groups in total. The van der Waals surface area contributed by atoms with E-state index in [1.165, 1.54) is 6.07 Å². The van der Waals surface area contributed by atoms with Crippen molar-refractivity contribution in [2.75, 3.05) is 0 Å². The summed E-state index contributed by atoms with van der Waals surface area (Å²) in [6.45, 7) is 1.99. The SMILES string of the molecule is CC(S)Cc1cccc(F)c1. The van der Waals surface area contributed by atoms with E-state index in [0.29, 0.717) is 0 Å². The lowest BCUT2D eigenvalue weighted by Crippen LogP contribution is -1.96. The van der Waals surface area contributed by atoms with Crippen LogP contribution in [0.25, 0.3) is 0 Å². The fourth-order valence-electron chi connectivity index (χ4n) is 1.01. The van der Waals surface area contributed by atoms with Crippen LogP contribution < -0.4 is 0 Å². The van der Waals surface area contributed by atoms with Crippen LogP contribution in [-0.4, -0.2) is 5.25 Å². The van der Waals surface area contributed by atoms with Gasteiger partial charge in [-0.2, -0.15) is 12.6 Å². The first-order chi connectivity index (χ1) is 5.18. The molecular formula is C9H11FS. The Labute approximate surface area is 71.8 Å². The first-order valence-corrected chi connectivity index (χ1v) is 4.12. The Morgan fingerprint density at radius 3 is 2.82 bits per heavy atom. The molecule has 2 heteroatoms. The zero-order valence-electron chi connectivity index (χ0n) is 6.42. The largest absolute Gasteiger partial charge is 0.207 e. The average molecular weight is 170 g/mol. The maximum absolute atomic E-state index is 12.6. The van der Waals surface area contributed by atoms with Crippen molar-refractivity contribution in [3.8, 4) is 0 Å². The number of halogens is 1. The fourth-order valence-corrected chi connectivity index (χ4v) is 1.22. The van der Waals surface area contributed by atoms with Crippen molar-refractivity contribution in [2.45, 2.75) is 18.6 Å². The van der Waals surface area contributed by atoms with Crippen LogP contribution in [0.2, 0.25) is 0 Å². The normalized spacial score (nSPS) is 13.0. The minimum Gasteiger partial charge on any atom is -0.207 e. The van der Waals surface area contributed by atoms with Gasteiger partial charge < -0.3 is 0 Å². The number of hydrogen-bond acceptors (Lipinski definition) is 1. The number of rotatable bonds is 2. The van der Waals surface area contributed by atoms with Crippen LogP contribution in [0.4, 0.5) is 4.39 Å². The van der Waals surface area contributed by atoms with Gasteiger partial charge in [-0.3, -0.25) is 0 Å². The highest BCUT2D eigenvalue weighted by atomic mass is 32.1. The summed E-state index contributed by atoms with van der Waals surface area (Å²) in [6, 6.07) is 6.63. The van der Waals surface area contributed by atoms with Crippen LogP contribution in [0.15, 0.2) is 24.3 Å². The maximum atomic E-state index is 12.6. The molecule has 0 saturated carbocycles. The van der Waals surface area contributed by atoms with Gasteiger partial charge in [-0.15, -0.1) is 0 Å². The predicted molar refractivity (Wildman–Crippen MR) is 48.6 cm³/mol. The topological polar surface area (TPSA) is 0 Å². The van der Waals surface area contributed by atoms with Crippen LogP contribution in [-0.2, 0) is 6.42 Å². The van der Waals surface area contributed by atoms with Crippen molar-refractivity contribution in [3.05, 3.63) is 35.6 Å². The van der Waals surface area contributed by atoms with Gasteiger partial charge in [0.2, 0.25) is 0 Å². The summed E-state index contributed by atoms with van der Waals surface area (Å²) < 4.78 is 12.6. The highest BCUT2D eigenvalue weighted by Gasteiger charge is 1.98. The minimum atomic E-state index is -0.170. The van der Waals surface area contributed by atoms with Gasteiger partial charge in [-0.1, -0.05) is 19.1 Å². The lowest BCUT2D eigenvalue weighted by Gasteiger charge is -2.02. The van der Waals surface area contributed by atoms with E-state index in [2.05, 4.69) is 12.6 Å². The van der Waals surface area contributed by atoms with Gasteiger partial charge in [0.15, 0.2) is 0 Å². The van der Waals surface area contributed by atoms with Crippen molar-refractivity contribution in [3.63, 3.8) is 0 Å². The Kier molecular flexibility index (Phi) is 2.94. The molecule has 0 heterocycles. The molecule has 0 amide bonds. The molecule has 11 heavy (non-hydrogen) atoms. The van der Waals surface area contributed by atoms with Crippen molar-refractivity contribution in [2.24, 2.45) is 0 Å². The molecule has 1 unspecified atom stereocenters. The Balaban J connectivity index is 2.71. The summed E-state index contributed by atoms with van der Waals surface area (Å²) in [4.78, 5) is 0. The van der Waals surface area contributed by atoms with Crippen molar-refractivity contribution in [1.82, 2.24) is 0 Å². The molecule has 0 radical (unpaired) electrons. The molecule has 0 saturated heterocycles. The highest BCUT2D eigenvalue weighted by molar-refractivity contribution is 7.80. The second kappa shape index (κ2) is 3.77. The lowest BCUT2D eigenvalue weighted by molar-refractivity contribution is 0.625. The molecule has 0 aliphatic rings. The summed E-state index contributed by atoms with van der Waals surface area (Å²) in [7, 11) is 0. The third-order valence-electron chi connectivity index (χ3n) is 1.42. The second-order valence-electron chi connectivity index (χ2n) is 2.68. The van der Waals surface area contributed by atoms with E-state index in [1.807, 2.05) is 13.0 Å². The summed E-state index contributed by atoms with van der Waals surface area (Å²) in [5.41, 5.74) is 1.01. The summed E-state index contributed by atoms with van der Waals surface area (Å²) in [6.07, 6.45) is 0.820.